The zero-order chi connectivity index (χ0) is 22.4. The van der Waals surface area contributed by atoms with Gasteiger partial charge < -0.3 is 14.8 Å². The molecule has 0 heterocycles. The Kier molecular flexibility index (Phi) is 6.81. The van der Waals surface area contributed by atoms with E-state index in [0.29, 0.717) is 22.9 Å². The summed E-state index contributed by atoms with van der Waals surface area (Å²) in [6.07, 6.45) is -0.766. The van der Waals surface area contributed by atoms with Crippen molar-refractivity contribution in [3.05, 3.63) is 78.4 Å². The number of benzene rings is 3. The van der Waals surface area contributed by atoms with E-state index in [4.69, 9.17) is 9.47 Å². The lowest BCUT2D eigenvalue weighted by atomic mass is 10.2. The molecule has 162 valence electrons. The third-order valence-electron chi connectivity index (χ3n) is 4.54. The highest BCUT2D eigenvalue weighted by Gasteiger charge is 2.17. The van der Waals surface area contributed by atoms with Crippen molar-refractivity contribution in [2.45, 2.75) is 24.8 Å². The molecule has 1 unspecified atom stereocenters. The minimum Gasteiger partial charge on any atom is -0.497 e. The first-order chi connectivity index (χ1) is 14.8. The van der Waals surface area contributed by atoms with Crippen LogP contribution >= 0.6 is 0 Å². The third-order valence-corrected chi connectivity index (χ3v) is 5.93. The fraction of sp³-hybridized carbons (Fsp3) is 0.174. The molecule has 0 spiro atoms. The maximum absolute atomic E-state index is 12.6. The normalized spacial score (nSPS) is 12.0. The first-order valence-electron chi connectivity index (χ1n) is 9.58. The summed E-state index contributed by atoms with van der Waals surface area (Å²) >= 11 is 0. The van der Waals surface area contributed by atoms with Gasteiger partial charge in [0.25, 0.3) is 15.9 Å². The van der Waals surface area contributed by atoms with E-state index in [9.17, 15) is 13.2 Å². The van der Waals surface area contributed by atoms with E-state index in [0.717, 1.165) is 5.56 Å². The second-order valence-corrected chi connectivity index (χ2v) is 8.56. The minimum absolute atomic E-state index is 0.0921. The molecule has 0 saturated carbocycles. The first-order valence-corrected chi connectivity index (χ1v) is 11.1. The smallest absolute Gasteiger partial charge is 0.265 e. The Hall–Kier alpha value is -3.52. The van der Waals surface area contributed by atoms with Gasteiger partial charge in [-0.05, 0) is 61.9 Å². The molecule has 2 N–H and O–H groups in total. The number of anilines is 2. The number of aryl methyl sites for hydroxylation is 1. The number of methoxy groups -OCH3 is 1. The lowest BCUT2D eigenvalue weighted by Gasteiger charge is -2.15. The van der Waals surface area contributed by atoms with Gasteiger partial charge in [0, 0.05) is 11.8 Å². The first kappa shape index (κ1) is 22.2. The van der Waals surface area contributed by atoms with Crippen molar-refractivity contribution in [2.24, 2.45) is 0 Å². The summed E-state index contributed by atoms with van der Waals surface area (Å²) in [6.45, 7) is 3.45. The van der Waals surface area contributed by atoms with Crippen LogP contribution in [-0.2, 0) is 14.8 Å². The second-order valence-electron chi connectivity index (χ2n) is 6.87. The monoisotopic (exact) mass is 440 g/mol. The summed E-state index contributed by atoms with van der Waals surface area (Å²) in [5, 5.41) is 2.72. The average molecular weight is 441 g/mol. The van der Waals surface area contributed by atoms with Crippen molar-refractivity contribution >= 4 is 27.3 Å². The van der Waals surface area contributed by atoms with E-state index < -0.39 is 16.1 Å². The van der Waals surface area contributed by atoms with Crippen LogP contribution in [-0.4, -0.2) is 27.5 Å². The van der Waals surface area contributed by atoms with Gasteiger partial charge in [0.15, 0.2) is 6.10 Å². The predicted molar refractivity (Wildman–Crippen MR) is 120 cm³/mol. The lowest BCUT2D eigenvalue weighted by molar-refractivity contribution is -0.122. The van der Waals surface area contributed by atoms with Gasteiger partial charge >= 0.3 is 0 Å². The van der Waals surface area contributed by atoms with Crippen LogP contribution in [0.1, 0.15) is 12.5 Å². The number of amides is 1. The Balaban J connectivity index is 1.64. The lowest BCUT2D eigenvalue weighted by Crippen LogP contribution is -2.30. The Bertz CT molecular complexity index is 1160. The summed E-state index contributed by atoms with van der Waals surface area (Å²) < 4.78 is 38.6. The molecule has 8 heteroatoms. The number of sulfonamides is 1. The molecule has 0 saturated heterocycles. The van der Waals surface area contributed by atoms with Gasteiger partial charge in [-0.2, -0.15) is 0 Å². The largest absolute Gasteiger partial charge is 0.497 e. The number of rotatable bonds is 8. The molecule has 0 aromatic heterocycles. The topological polar surface area (TPSA) is 93.7 Å². The molecular formula is C23H24N2O5S. The molecule has 3 aromatic carbocycles. The van der Waals surface area contributed by atoms with Crippen LogP contribution in [0.2, 0.25) is 0 Å². The molecule has 0 aliphatic carbocycles. The van der Waals surface area contributed by atoms with Crippen LogP contribution in [0.3, 0.4) is 0 Å². The molecular weight excluding hydrogens is 416 g/mol. The standard InChI is InChI=1S/C23H24N2O5S/c1-16-7-4-5-10-22(16)25-31(27,28)21-13-11-18(12-14-21)24-23(26)17(2)30-20-9-6-8-19(15-20)29-3/h4-15,17,25H,1-3H3,(H,24,26). The van der Waals surface area contributed by atoms with Crippen molar-refractivity contribution in [1.29, 1.82) is 0 Å². The molecule has 0 radical (unpaired) electrons. The van der Waals surface area contributed by atoms with Gasteiger partial charge in [-0.25, -0.2) is 8.42 Å². The van der Waals surface area contributed by atoms with E-state index in [2.05, 4.69) is 10.0 Å². The molecule has 0 aliphatic rings. The van der Waals surface area contributed by atoms with Crippen molar-refractivity contribution < 1.29 is 22.7 Å². The van der Waals surface area contributed by atoms with Crippen molar-refractivity contribution in [3.8, 4) is 11.5 Å². The van der Waals surface area contributed by atoms with Crippen LogP contribution in [0.25, 0.3) is 0 Å². The SMILES string of the molecule is COc1cccc(OC(C)C(=O)Nc2ccc(S(=O)(=O)Nc3ccccc3C)cc2)c1. The molecule has 1 amide bonds. The number of hydrogen-bond acceptors (Lipinski definition) is 5. The molecule has 0 fully saturated rings. The Morgan fingerprint density at radius 2 is 1.61 bits per heavy atom. The fourth-order valence-corrected chi connectivity index (χ4v) is 3.92. The Labute approximate surface area is 182 Å². The predicted octanol–water partition coefficient (Wildman–Crippen LogP) is 4.21. The highest BCUT2D eigenvalue weighted by Crippen LogP contribution is 2.22. The maximum Gasteiger partial charge on any atom is 0.265 e. The van der Waals surface area contributed by atoms with Gasteiger partial charge in [0.05, 0.1) is 17.7 Å². The van der Waals surface area contributed by atoms with Gasteiger partial charge in [0.1, 0.15) is 11.5 Å². The Morgan fingerprint density at radius 1 is 0.935 bits per heavy atom. The van der Waals surface area contributed by atoms with Crippen molar-refractivity contribution in [2.75, 3.05) is 17.1 Å². The number of carbonyl (C=O) groups excluding carboxylic acids is 1. The van der Waals surface area contributed by atoms with Crippen LogP contribution in [0, 0.1) is 6.92 Å². The highest BCUT2D eigenvalue weighted by atomic mass is 32.2. The van der Waals surface area contributed by atoms with Gasteiger partial charge in [-0.15, -0.1) is 0 Å². The van der Waals surface area contributed by atoms with E-state index in [-0.39, 0.29) is 10.8 Å². The number of carbonyl (C=O) groups is 1. The highest BCUT2D eigenvalue weighted by molar-refractivity contribution is 7.92. The summed E-state index contributed by atoms with van der Waals surface area (Å²) in [5.41, 5.74) is 1.80. The number of ether oxygens (including phenoxy) is 2. The van der Waals surface area contributed by atoms with Gasteiger partial charge in [0.2, 0.25) is 0 Å². The summed E-state index contributed by atoms with van der Waals surface area (Å²) in [6, 6.07) is 20.0. The zero-order valence-electron chi connectivity index (χ0n) is 17.5. The minimum atomic E-state index is -3.74. The number of para-hydroxylation sites is 1. The van der Waals surface area contributed by atoms with Crippen molar-refractivity contribution in [1.82, 2.24) is 0 Å². The van der Waals surface area contributed by atoms with E-state index in [1.165, 1.54) is 24.3 Å². The van der Waals surface area contributed by atoms with E-state index >= 15 is 0 Å². The molecule has 7 nitrogen and oxygen atoms in total. The molecule has 3 rings (SSSR count). The number of nitrogens with one attached hydrogen (secondary N) is 2. The third kappa shape index (κ3) is 5.76. The van der Waals surface area contributed by atoms with Gasteiger partial charge in [-0.3, -0.25) is 9.52 Å². The second kappa shape index (κ2) is 9.53. The maximum atomic E-state index is 12.6. The zero-order valence-corrected chi connectivity index (χ0v) is 18.3. The van der Waals surface area contributed by atoms with Gasteiger partial charge in [-0.1, -0.05) is 24.3 Å². The van der Waals surface area contributed by atoms with Crippen LogP contribution < -0.4 is 19.5 Å². The van der Waals surface area contributed by atoms with Crippen LogP contribution in [0.5, 0.6) is 11.5 Å². The summed E-state index contributed by atoms with van der Waals surface area (Å²) in [7, 11) is -2.19. The summed E-state index contributed by atoms with van der Waals surface area (Å²) in [4.78, 5) is 12.5. The molecule has 1 atom stereocenters. The van der Waals surface area contributed by atoms with E-state index in [1.807, 2.05) is 19.1 Å². The Morgan fingerprint density at radius 3 is 2.29 bits per heavy atom. The number of hydrogen-bond donors (Lipinski definition) is 2. The molecule has 0 aliphatic heterocycles. The quantitative estimate of drug-likeness (QED) is 0.547. The van der Waals surface area contributed by atoms with Crippen molar-refractivity contribution in [3.63, 3.8) is 0 Å². The molecule has 0 bridgehead atoms. The van der Waals surface area contributed by atoms with Crippen LogP contribution in [0.4, 0.5) is 11.4 Å². The van der Waals surface area contributed by atoms with E-state index in [1.54, 1.807) is 50.4 Å². The molecule has 31 heavy (non-hydrogen) atoms. The van der Waals surface area contributed by atoms with Crippen LogP contribution in [0.15, 0.2) is 77.7 Å². The summed E-state index contributed by atoms with van der Waals surface area (Å²) in [5.74, 6) is 0.767. The average Bonchev–Trinajstić information content (AvgIpc) is 2.75. The fourth-order valence-electron chi connectivity index (χ4n) is 2.78. The molecule has 3 aromatic rings.